The molecule has 1 saturated carbocycles. The van der Waals surface area contributed by atoms with Crippen LogP contribution in [-0.2, 0) is 0 Å². The zero-order valence-corrected chi connectivity index (χ0v) is 11.4. The molecule has 0 aromatic rings. The standard InChI is InChI=1S/C14H26N2O2/c1-3-7-16(8-9-17)14(18)15-11-13-6-4-5-12(2)10-13/h3,12-13,17H,1,4-11H2,2H3,(H,15,18). The highest BCUT2D eigenvalue weighted by Crippen LogP contribution is 2.27. The van der Waals surface area contributed by atoms with Crippen molar-refractivity contribution in [2.45, 2.75) is 32.6 Å². The summed E-state index contributed by atoms with van der Waals surface area (Å²) in [5.41, 5.74) is 0. The fourth-order valence-corrected chi connectivity index (χ4v) is 2.64. The van der Waals surface area contributed by atoms with Crippen LogP contribution in [0, 0.1) is 11.8 Å². The summed E-state index contributed by atoms with van der Waals surface area (Å²) in [6, 6.07) is -0.0952. The Morgan fingerprint density at radius 2 is 2.33 bits per heavy atom. The van der Waals surface area contributed by atoms with E-state index in [0.717, 1.165) is 12.5 Å². The van der Waals surface area contributed by atoms with Crippen LogP contribution in [0.4, 0.5) is 4.79 Å². The van der Waals surface area contributed by atoms with Crippen molar-refractivity contribution in [1.82, 2.24) is 10.2 Å². The summed E-state index contributed by atoms with van der Waals surface area (Å²) in [4.78, 5) is 13.5. The van der Waals surface area contributed by atoms with Crippen molar-refractivity contribution >= 4 is 6.03 Å². The van der Waals surface area contributed by atoms with Crippen LogP contribution in [-0.4, -0.2) is 42.3 Å². The molecule has 104 valence electrons. The number of nitrogens with zero attached hydrogens (tertiary/aromatic N) is 1. The second-order valence-electron chi connectivity index (χ2n) is 5.28. The molecule has 0 heterocycles. The topological polar surface area (TPSA) is 52.6 Å². The van der Waals surface area contributed by atoms with Gasteiger partial charge in [-0.1, -0.05) is 25.8 Å². The molecule has 4 nitrogen and oxygen atoms in total. The molecule has 0 bridgehead atoms. The van der Waals surface area contributed by atoms with Crippen LogP contribution >= 0.6 is 0 Å². The van der Waals surface area contributed by atoms with Gasteiger partial charge in [-0.25, -0.2) is 4.79 Å². The van der Waals surface area contributed by atoms with Gasteiger partial charge in [-0.3, -0.25) is 0 Å². The summed E-state index contributed by atoms with van der Waals surface area (Å²) in [6.45, 7) is 7.48. The summed E-state index contributed by atoms with van der Waals surface area (Å²) in [5, 5.41) is 11.9. The Kier molecular flexibility index (Phi) is 6.80. The molecule has 0 spiro atoms. The average molecular weight is 254 g/mol. The molecular weight excluding hydrogens is 228 g/mol. The Morgan fingerprint density at radius 3 is 2.94 bits per heavy atom. The van der Waals surface area contributed by atoms with E-state index in [9.17, 15) is 4.79 Å². The summed E-state index contributed by atoms with van der Waals surface area (Å²) in [7, 11) is 0. The van der Waals surface area contributed by atoms with Crippen molar-refractivity contribution < 1.29 is 9.90 Å². The monoisotopic (exact) mass is 254 g/mol. The molecule has 0 radical (unpaired) electrons. The Balaban J connectivity index is 2.31. The molecule has 0 aromatic carbocycles. The van der Waals surface area contributed by atoms with Gasteiger partial charge in [-0.05, 0) is 24.7 Å². The van der Waals surface area contributed by atoms with Gasteiger partial charge in [0.25, 0.3) is 0 Å². The van der Waals surface area contributed by atoms with Crippen LogP contribution in [0.15, 0.2) is 12.7 Å². The van der Waals surface area contributed by atoms with E-state index in [0.29, 0.717) is 19.0 Å². The number of urea groups is 1. The van der Waals surface area contributed by atoms with Crippen LogP contribution in [0.2, 0.25) is 0 Å². The lowest BCUT2D eigenvalue weighted by atomic mass is 9.82. The van der Waals surface area contributed by atoms with Crippen molar-refractivity contribution in [1.29, 1.82) is 0 Å². The molecule has 1 aliphatic rings. The number of nitrogens with one attached hydrogen (secondary N) is 1. The number of amides is 2. The van der Waals surface area contributed by atoms with Gasteiger partial charge in [0.15, 0.2) is 0 Å². The number of carbonyl (C=O) groups is 1. The largest absolute Gasteiger partial charge is 0.395 e. The minimum atomic E-state index is -0.0952. The number of rotatable bonds is 6. The number of hydrogen-bond donors (Lipinski definition) is 2. The van der Waals surface area contributed by atoms with Crippen LogP contribution in [0.25, 0.3) is 0 Å². The van der Waals surface area contributed by atoms with Gasteiger partial charge in [-0.15, -0.1) is 6.58 Å². The second-order valence-corrected chi connectivity index (χ2v) is 5.28. The van der Waals surface area contributed by atoms with Gasteiger partial charge in [0, 0.05) is 19.6 Å². The molecule has 4 heteroatoms. The second kappa shape index (κ2) is 8.14. The molecule has 1 aliphatic carbocycles. The van der Waals surface area contributed by atoms with Crippen molar-refractivity contribution in [2.24, 2.45) is 11.8 Å². The number of hydrogen-bond acceptors (Lipinski definition) is 2. The normalized spacial score (nSPS) is 23.4. The summed E-state index contributed by atoms with van der Waals surface area (Å²) >= 11 is 0. The lowest BCUT2D eigenvalue weighted by Crippen LogP contribution is -2.43. The first-order valence-corrected chi connectivity index (χ1v) is 6.92. The maximum atomic E-state index is 11.9. The van der Waals surface area contributed by atoms with E-state index in [4.69, 9.17) is 5.11 Å². The quantitative estimate of drug-likeness (QED) is 0.712. The molecule has 2 amide bonds. The van der Waals surface area contributed by atoms with Gasteiger partial charge in [0.1, 0.15) is 0 Å². The summed E-state index contributed by atoms with van der Waals surface area (Å²) in [5.74, 6) is 1.39. The lowest BCUT2D eigenvalue weighted by Gasteiger charge is -2.28. The van der Waals surface area contributed by atoms with Gasteiger partial charge >= 0.3 is 6.03 Å². The minimum Gasteiger partial charge on any atom is -0.395 e. The predicted molar refractivity (Wildman–Crippen MR) is 73.4 cm³/mol. The molecule has 1 fully saturated rings. The molecule has 2 unspecified atom stereocenters. The zero-order valence-electron chi connectivity index (χ0n) is 11.4. The van der Waals surface area contributed by atoms with E-state index in [1.54, 1.807) is 11.0 Å². The number of aliphatic hydroxyl groups excluding tert-OH is 1. The predicted octanol–water partition coefficient (Wildman–Crippen LogP) is 2.00. The zero-order chi connectivity index (χ0) is 13.4. The third kappa shape index (κ3) is 5.08. The first kappa shape index (κ1) is 15.0. The number of carbonyl (C=O) groups excluding carboxylic acids is 1. The number of aliphatic hydroxyl groups is 1. The first-order valence-electron chi connectivity index (χ1n) is 6.92. The Hall–Kier alpha value is -1.03. The summed E-state index contributed by atoms with van der Waals surface area (Å²) in [6.07, 6.45) is 6.69. The average Bonchev–Trinajstić information content (AvgIpc) is 2.36. The van der Waals surface area contributed by atoms with Crippen molar-refractivity contribution in [3.05, 3.63) is 12.7 Å². The Morgan fingerprint density at radius 1 is 1.56 bits per heavy atom. The van der Waals surface area contributed by atoms with E-state index in [1.807, 2.05) is 0 Å². The highest BCUT2D eigenvalue weighted by molar-refractivity contribution is 5.74. The highest BCUT2D eigenvalue weighted by Gasteiger charge is 2.20. The van der Waals surface area contributed by atoms with E-state index in [-0.39, 0.29) is 12.6 Å². The molecule has 2 N–H and O–H groups in total. The Labute approximate surface area is 110 Å². The van der Waals surface area contributed by atoms with E-state index in [1.165, 1.54) is 25.7 Å². The van der Waals surface area contributed by atoms with Crippen molar-refractivity contribution in [3.63, 3.8) is 0 Å². The third-order valence-electron chi connectivity index (χ3n) is 3.59. The molecule has 0 saturated heterocycles. The SMILES string of the molecule is C=CCN(CCO)C(=O)NCC1CCCC(C)C1. The van der Waals surface area contributed by atoms with E-state index < -0.39 is 0 Å². The molecule has 0 aliphatic heterocycles. The highest BCUT2D eigenvalue weighted by atomic mass is 16.3. The lowest BCUT2D eigenvalue weighted by molar-refractivity contribution is 0.179. The molecule has 2 atom stereocenters. The molecular formula is C14H26N2O2. The van der Waals surface area contributed by atoms with Gasteiger partial charge in [-0.2, -0.15) is 0 Å². The van der Waals surface area contributed by atoms with Crippen LogP contribution in [0.1, 0.15) is 32.6 Å². The van der Waals surface area contributed by atoms with Gasteiger partial charge in [0.2, 0.25) is 0 Å². The molecule has 0 aromatic heterocycles. The van der Waals surface area contributed by atoms with Crippen LogP contribution in [0.3, 0.4) is 0 Å². The van der Waals surface area contributed by atoms with Gasteiger partial charge < -0.3 is 15.3 Å². The van der Waals surface area contributed by atoms with Crippen LogP contribution < -0.4 is 5.32 Å². The molecule has 18 heavy (non-hydrogen) atoms. The maximum Gasteiger partial charge on any atom is 0.317 e. The fourth-order valence-electron chi connectivity index (χ4n) is 2.64. The van der Waals surface area contributed by atoms with E-state index >= 15 is 0 Å². The smallest absolute Gasteiger partial charge is 0.317 e. The van der Waals surface area contributed by atoms with Gasteiger partial charge in [0.05, 0.1) is 6.61 Å². The Bertz CT molecular complexity index is 269. The van der Waals surface area contributed by atoms with Crippen molar-refractivity contribution in [2.75, 3.05) is 26.2 Å². The maximum absolute atomic E-state index is 11.9. The van der Waals surface area contributed by atoms with E-state index in [2.05, 4.69) is 18.8 Å². The summed E-state index contributed by atoms with van der Waals surface area (Å²) < 4.78 is 0. The molecule has 1 rings (SSSR count). The van der Waals surface area contributed by atoms with Crippen molar-refractivity contribution in [3.8, 4) is 0 Å². The third-order valence-corrected chi connectivity index (χ3v) is 3.59. The minimum absolute atomic E-state index is 0.0122. The first-order chi connectivity index (χ1) is 8.67. The fraction of sp³-hybridized carbons (Fsp3) is 0.786. The van der Waals surface area contributed by atoms with Crippen LogP contribution in [0.5, 0.6) is 0 Å².